The largest absolute Gasteiger partial charge is 0.321 e. The Morgan fingerprint density at radius 1 is 1.04 bits per heavy atom. The van der Waals surface area contributed by atoms with Gasteiger partial charge in [0.1, 0.15) is 11.6 Å². The highest BCUT2D eigenvalue weighted by Crippen LogP contribution is 2.22. The zero-order valence-electron chi connectivity index (χ0n) is 13.6. The van der Waals surface area contributed by atoms with Crippen molar-refractivity contribution in [2.24, 2.45) is 0 Å². The summed E-state index contributed by atoms with van der Waals surface area (Å²) in [6.07, 6.45) is 1.60. The second-order valence-corrected chi connectivity index (χ2v) is 6.36. The molecule has 0 fully saturated rings. The van der Waals surface area contributed by atoms with Gasteiger partial charge in [-0.05, 0) is 34.8 Å². The SMILES string of the molecule is CC(C)(C)c1ccc(/C=C(/C#N)C(=O)Nc2ccccc2)cc1. The van der Waals surface area contributed by atoms with E-state index in [0.717, 1.165) is 5.56 Å². The smallest absolute Gasteiger partial charge is 0.266 e. The molecule has 0 heterocycles. The molecule has 0 radical (unpaired) electrons. The van der Waals surface area contributed by atoms with Crippen LogP contribution in [0, 0.1) is 11.3 Å². The summed E-state index contributed by atoms with van der Waals surface area (Å²) in [5.74, 6) is -0.404. The second-order valence-electron chi connectivity index (χ2n) is 6.36. The third kappa shape index (κ3) is 4.55. The average Bonchev–Trinajstić information content (AvgIpc) is 2.53. The van der Waals surface area contributed by atoms with Gasteiger partial charge in [-0.15, -0.1) is 0 Å². The van der Waals surface area contributed by atoms with Crippen LogP contribution in [0.3, 0.4) is 0 Å². The average molecular weight is 304 g/mol. The number of nitrogens with one attached hydrogen (secondary N) is 1. The van der Waals surface area contributed by atoms with Crippen molar-refractivity contribution in [1.29, 1.82) is 5.26 Å². The molecule has 2 rings (SSSR count). The van der Waals surface area contributed by atoms with Crippen LogP contribution in [-0.4, -0.2) is 5.91 Å². The molecule has 2 aromatic carbocycles. The van der Waals surface area contributed by atoms with E-state index in [0.29, 0.717) is 5.69 Å². The van der Waals surface area contributed by atoms with Gasteiger partial charge in [0.2, 0.25) is 0 Å². The predicted molar refractivity (Wildman–Crippen MR) is 93.8 cm³/mol. The lowest BCUT2D eigenvalue weighted by atomic mass is 9.86. The minimum Gasteiger partial charge on any atom is -0.321 e. The van der Waals surface area contributed by atoms with Gasteiger partial charge >= 0.3 is 0 Å². The summed E-state index contributed by atoms with van der Waals surface area (Å²) in [6.45, 7) is 6.43. The molecule has 3 nitrogen and oxygen atoms in total. The van der Waals surface area contributed by atoms with Crippen LogP contribution in [0.2, 0.25) is 0 Å². The fourth-order valence-electron chi connectivity index (χ4n) is 2.11. The van der Waals surface area contributed by atoms with Crippen LogP contribution < -0.4 is 5.32 Å². The number of anilines is 1. The maximum atomic E-state index is 12.2. The number of benzene rings is 2. The van der Waals surface area contributed by atoms with Crippen LogP contribution >= 0.6 is 0 Å². The van der Waals surface area contributed by atoms with E-state index < -0.39 is 5.91 Å². The van der Waals surface area contributed by atoms with Gasteiger partial charge < -0.3 is 5.32 Å². The predicted octanol–water partition coefficient (Wildman–Crippen LogP) is 4.53. The zero-order valence-corrected chi connectivity index (χ0v) is 13.6. The normalized spacial score (nSPS) is 11.7. The van der Waals surface area contributed by atoms with Crippen LogP contribution in [0.5, 0.6) is 0 Å². The first-order chi connectivity index (χ1) is 10.9. The summed E-state index contributed by atoms with van der Waals surface area (Å²) in [6, 6.07) is 19.0. The molecular weight excluding hydrogens is 284 g/mol. The van der Waals surface area contributed by atoms with Crippen LogP contribution in [-0.2, 0) is 10.2 Å². The van der Waals surface area contributed by atoms with Crippen molar-refractivity contribution in [3.05, 3.63) is 71.3 Å². The summed E-state index contributed by atoms with van der Waals surface area (Å²) in [5.41, 5.74) is 2.86. The van der Waals surface area contributed by atoms with Gasteiger partial charge in [0.15, 0.2) is 0 Å². The van der Waals surface area contributed by atoms with Crippen molar-refractivity contribution in [3.8, 4) is 6.07 Å². The van der Waals surface area contributed by atoms with Gasteiger partial charge in [-0.25, -0.2) is 0 Å². The van der Waals surface area contributed by atoms with E-state index in [-0.39, 0.29) is 11.0 Å². The number of hydrogen-bond donors (Lipinski definition) is 1. The Kier molecular flexibility index (Phi) is 4.98. The molecule has 0 aromatic heterocycles. The van der Waals surface area contributed by atoms with Gasteiger partial charge in [-0.1, -0.05) is 63.2 Å². The number of nitrogens with zero attached hydrogens (tertiary/aromatic N) is 1. The highest BCUT2D eigenvalue weighted by molar-refractivity contribution is 6.09. The minimum absolute atomic E-state index is 0.0744. The van der Waals surface area contributed by atoms with Crippen molar-refractivity contribution in [1.82, 2.24) is 0 Å². The van der Waals surface area contributed by atoms with Crippen LogP contribution in [0.15, 0.2) is 60.2 Å². The van der Waals surface area contributed by atoms with Crippen LogP contribution in [0.4, 0.5) is 5.69 Å². The molecule has 1 N–H and O–H groups in total. The fourth-order valence-corrected chi connectivity index (χ4v) is 2.11. The first kappa shape index (κ1) is 16.5. The lowest BCUT2D eigenvalue weighted by molar-refractivity contribution is -0.112. The number of nitriles is 1. The third-order valence-corrected chi connectivity index (χ3v) is 3.48. The van der Waals surface area contributed by atoms with Crippen molar-refractivity contribution in [2.75, 3.05) is 5.32 Å². The van der Waals surface area contributed by atoms with Gasteiger partial charge in [-0.3, -0.25) is 4.79 Å². The highest BCUT2D eigenvalue weighted by Gasteiger charge is 2.13. The zero-order chi connectivity index (χ0) is 16.9. The van der Waals surface area contributed by atoms with Gasteiger partial charge in [0.25, 0.3) is 5.91 Å². The first-order valence-corrected chi connectivity index (χ1v) is 7.49. The number of para-hydroxylation sites is 1. The minimum atomic E-state index is -0.404. The van der Waals surface area contributed by atoms with Gasteiger partial charge in [0, 0.05) is 5.69 Å². The molecule has 0 aliphatic heterocycles. The number of hydrogen-bond acceptors (Lipinski definition) is 2. The van der Waals surface area contributed by atoms with Crippen molar-refractivity contribution in [3.63, 3.8) is 0 Å². The molecule has 0 unspecified atom stereocenters. The van der Waals surface area contributed by atoms with E-state index in [4.69, 9.17) is 0 Å². The third-order valence-electron chi connectivity index (χ3n) is 3.48. The Labute approximate surface area is 137 Å². The summed E-state index contributed by atoms with van der Waals surface area (Å²) < 4.78 is 0. The van der Waals surface area contributed by atoms with Gasteiger partial charge in [-0.2, -0.15) is 5.26 Å². The molecule has 0 atom stereocenters. The van der Waals surface area contributed by atoms with Crippen molar-refractivity contribution >= 4 is 17.7 Å². The summed E-state index contributed by atoms with van der Waals surface area (Å²) in [7, 11) is 0. The quantitative estimate of drug-likeness (QED) is 0.669. The Morgan fingerprint density at radius 2 is 1.65 bits per heavy atom. The molecule has 0 saturated carbocycles. The Morgan fingerprint density at radius 3 is 2.17 bits per heavy atom. The number of amides is 1. The molecule has 0 aliphatic rings. The lowest BCUT2D eigenvalue weighted by Gasteiger charge is -2.18. The molecule has 0 spiro atoms. The molecule has 0 saturated heterocycles. The van der Waals surface area contributed by atoms with E-state index in [1.54, 1.807) is 18.2 Å². The molecular formula is C20H20N2O. The monoisotopic (exact) mass is 304 g/mol. The molecule has 0 aliphatic carbocycles. The molecule has 116 valence electrons. The Hall–Kier alpha value is -2.86. The molecule has 0 bridgehead atoms. The second kappa shape index (κ2) is 6.93. The van der Waals surface area contributed by atoms with E-state index in [1.807, 2.05) is 48.5 Å². The number of rotatable bonds is 3. The first-order valence-electron chi connectivity index (χ1n) is 7.49. The molecule has 3 heteroatoms. The maximum absolute atomic E-state index is 12.2. The Balaban J connectivity index is 2.18. The maximum Gasteiger partial charge on any atom is 0.266 e. The molecule has 2 aromatic rings. The molecule has 1 amide bonds. The summed E-state index contributed by atoms with van der Waals surface area (Å²) >= 11 is 0. The van der Waals surface area contributed by atoms with Crippen LogP contribution in [0.1, 0.15) is 31.9 Å². The topological polar surface area (TPSA) is 52.9 Å². The van der Waals surface area contributed by atoms with Gasteiger partial charge in [0.05, 0.1) is 0 Å². The summed E-state index contributed by atoms with van der Waals surface area (Å²) in [5, 5.41) is 12.0. The fraction of sp³-hybridized carbons (Fsp3) is 0.200. The lowest BCUT2D eigenvalue weighted by Crippen LogP contribution is -2.13. The summed E-state index contributed by atoms with van der Waals surface area (Å²) in [4.78, 5) is 12.2. The number of carbonyl (C=O) groups is 1. The Bertz CT molecular complexity index is 745. The van der Waals surface area contributed by atoms with Crippen molar-refractivity contribution in [2.45, 2.75) is 26.2 Å². The van der Waals surface area contributed by atoms with Crippen LogP contribution in [0.25, 0.3) is 6.08 Å². The van der Waals surface area contributed by atoms with E-state index in [1.165, 1.54) is 5.56 Å². The van der Waals surface area contributed by atoms with E-state index in [9.17, 15) is 10.1 Å². The van der Waals surface area contributed by atoms with E-state index in [2.05, 4.69) is 26.1 Å². The number of carbonyl (C=O) groups excluding carboxylic acids is 1. The van der Waals surface area contributed by atoms with E-state index >= 15 is 0 Å². The van der Waals surface area contributed by atoms with Crippen molar-refractivity contribution < 1.29 is 4.79 Å². The standard InChI is InChI=1S/C20H20N2O/c1-20(2,3)17-11-9-15(10-12-17)13-16(14-21)19(23)22-18-7-5-4-6-8-18/h4-13H,1-3H3,(H,22,23)/b16-13-. The molecule has 23 heavy (non-hydrogen) atoms. The highest BCUT2D eigenvalue weighted by atomic mass is 16.1.